The molecule has 2 aromatic rings. The molecule has 0 bridgehead atoms. The van der Waals surface area contributed by atoms with E-state index in [4.69, 9.17) is 10.00 Å². The summed E-state index contributed by atoms with van der Waals surface area (Å²) in [5, 5.41) is 18.4. The second-order valence-electron chi connectivity index (χ2n) is 5.35. The largest absolute Gasteiger partial charge is 0.376 e. The zero-order valence-electron chi connectivity index (χ0n) is 12.5. The Morgan fingerprint density at radius 2 is 2.13 bits per heavy atom. The first kappa shape index (κ1) is 15.1. The lowest BCUT2D eigenvalue weighted by Crippen LogP contribution is -2.19. The molecule has 1 aromatic carbocycles. The fraction of sp³-hybridized carbons (Fsp3) is 0.312. The van der Waals surface area contributed by atoms with Gasteiger partial charge in [-0.15, -0.1) is 0 Å². The van der Waals surface area contributed by atoms with Crippen molar-refractivity contribution in [1.82, 2.24) is 9.78 Å². The first-order valence-corrected chi connectivity index (χ1v) is 7.45. The molecule has 2 amide bonds. The maximum Gasteiger partial charge on any atom is 0.323 e. The van der Waals surface area contributed by atoms with E-state index in [-0.39, 0.29) is 12.1 Å². The van der Waals surface area contributed by atoms with Gasteiger partial charge in [-0.1, -0.05) is 0 Å². The summed E-state index contributed by atoms with van der Waals surface area (Å²) in [6.07, 6.45) is 5.72. The number of carbonyl (C=O) groups excluding carboxylic acids is 1. The third-order valence-corrected chi connectivity index (χ3v) is 3.58. The molecular weight excluding hydrogens is 294 g/mol. The van der Waals surface area contributed by atoms with Gasteiger partial charge in [0.15, 0.2) is 0 Å². The van der Waals surface area contributed by atoms with Gasteiger partial charge in [0.2, 0.25) is 0 Å². The van der Waals surface area contributed by atoms with Gasteiger partial charge in [0.1, 0.15) is 0 Å². The van der Waals surface area contributed by atoms with Crippen molar-refractivity contribution in [2.75, 3.05) is 17.2 Å². The summed E-state index contributed by atoms with van der Waals surface area (Å²) in [4.78, 5) is 11.9. The predicted molar refractivity (Wildman–Crippen MR) is 85.0 cm³/mol. The van der Waals surface area contributed by atoms with E-state index in [9.17, 15) is 4.79 Å². The van der Waals surface area contributed by atoms with Crippen molar-refractivity contribution in [3.05, 3.63) is 42.2 Å². The van der Waals surface area contributed by atoms with E-state index in [1.54, 1.807) is 41.3 Å². The van der Waals surface area contributed by atoms with Gasteiger partial charge in [-0.05, 0) is 37.1 Å². The molecular formula is C16H17N5O2. The van der Waals surface area contributed by atoms with Crippen molar-refractivity contribution in [2.45, 2.75) is 25.5 Å². The van der Waals surface area contributed by atoms with Crippen molar-refractivity contribution >= 4 is 17.4 Å². The summed E-state index contributed by atoms with van der Waals surface area (Å²) in [6, 6.07) is 8.33. The quantitative estimate of drug-likeness (QED) is 0.907. The number of rotatable bonds is 4. The van der Waals surface area contributed by atoms with Crippen LogP contribution < -0.4 is 10.6 Å². The first-order chi connectivity index (χ1) is 11.2. The fourth-order valence-corrected chi connectivity index (χ4v) is 2.45. The van der Waals surface area contributed by atoms with Gasteiger partial charge in [-0.3, -0.25) is 4.68 Å². The molecule has 1 aliphatic heterocycles. The Morgan fingerprint density at radius 3 is 2.83 bits per heavy atom. The zero-order valence-corrected chi connectivity index (χ0v) is 12.5. The second-order valence-corrected chi connectivity index (χ2v) is 5.35. The van der Waals surface area contributed by atoms with Crippen molar-refractivity contribution in [3.63, 3.8) is 0 Å². The molecule has 7 heteroatoms. The number of aromatic nitrogens is 2. The van der Waals surface area contributed by atoms with Gasteiger partial charge in [0, 0.05) is 18.5 Å². The molecule has 1 aliphatic rings. The average molecular weight is 311 g/mol. The summed E-state index contributed by atoms with van der Waals surface area (Å²) in [5.74, 6) is 0. The monoisotopic (exact) mass is 311 g/mol. The van der Waals surface area contributed by atoms with Crippen LogP contribution in [0.25, 0.3) is 0 Å². The highest BCUT2D eigenvalue weighted by Crippen LogP contribution is 2.15. The Morgan fingerprint density at radius 1 is 1.35 bits per heavy atom. The number of carbonyl (C=O) groups is 1. The summed E-state index contributed by atoms with van der Waals surface area (Å²) < 4.78 is 7.33. The Kier molecular flexibility index (Phi) is 4.54. The van der Waals surface area contributed by atoms with E-state index in [2.05, 4.69) is 15.7 Å². The SMILES string of the molecule is N#Cc1ccc(NC(=O)Nc2cnn(CC3CCCO3)c2)cc1. The number of nitrogens with zero attached hydrogens (tertiary/aromatic N) is 3. The molecule has 23 heavy (non-hydrogen) atoms. The maximum atomic E-state index is 11.9. The van der Waals surface area contributed by atoms with Crippen molar-refractivity contribution in [3.8, 4) is 6.07 Å². The van der Waals surface area contributed by atoms with E-state index >= 15 is 0 Å². The van der Waals surface area contributed by atoms with Crippen LogP contribution in [-0.4, -0.2) is 28.5 Å². The molecule has 118 valence electrons. The van der Waals surface area contributed by atoms with Crippen LogP contribution in [0.3, 0.4) is 0 Å². The molecule has 0 saturated carbocycles. The van der Waals surface area contributed by atoms with Crippen LogP contribution in [0.15, 0.2) is 36.7 Å². The summed E-state index contributed by atoms with van der Waals surface area (Å²) in [7, 11) is 0. The maximum absolute atomic E-state index is 11.9. The third kappa shape index (κ3) is 4.08. The number of amides is 2. The van der Waals surface area contributed by atoms with Crippen molar-refractivity contribution in [2.24, 2.45) is 0 Å². The third-order valence-electron chi connectivity index (χ3n) is 3.58. The molecule has 7 nitrogen and oxygen atoms in total. The Hall–Kier alpha value is -2.85. The van der Waals surface area contributed by atoms with Gasteiger partial charge in [-0.2, -0.15) is 10.4 Å². The van der Waals surface area contributed by atoms with E-state index in [1.165, 1.54) is 0 Å². The minimum atomic E-state index is -0.355. The Labute approximate surface area is 133 Å². The molecule has 2 heterocycles. The number of benzene rings is 1. The lowest BCUT2D eigenvalue weighted by molar-refractivity contribution is 0.0940. The standard InChI is InChI=1S/C16H17N5O2/c17-8-12-3-5-13(6-4-12)19-16(22)20-14-9-18-21(10-14)11-15-2-1-7-23-15/h3-6,9-10,15H,1-2,7,11H2,(H2,19,20,22). The minimum Gasteiger partial charge on any atom is -0.376 e. The van der Waals surface area contributed by atoms with Gasteiger partial charge in [0.05, 0.1) is 36.2 Å². The molecule has 1 fully saturated rings. The molecule has 3 rings (SSSR count). The number of nitriles is 1. The van der Waals surface area contributed by atoms with Crippen molar-refractivity contribution in [1.29, 1.82) is 5.26 Å². The van der Waals surface area contributed by atoms with Crippen LogP contribution in [0.2, 0.25) is 0 Å². The average Bonchev–Trinajstić information content (AvgIpc) is 3.21. The molecule has 0 aliphatic carbocycles. The van der Waals surface area contributed by atoms with Gasteiger partial charge in [-0.25, -0.2) is 4.79 Å². The minimum absolute atomic E-state index is 0.204. The van der Waals surface area contributed by atoms with Crippen LogP contribution in [0.5, 0.6) is 0 Å². The first-order valence-electron chi connectivity index (χ1n) is 7.45. The smallest absolute Gasteiger partial charge is 0.323 e. The second kappa shape index (κ2) is 6.94. The molecule has 0 spiro atoms. The predicted octanol–water partition coefficient (Wildman–Crippen LogP) is 2.58. The summed E-state index contributed by atoms with van der Waals surface area (Å²) in [5.41, 5.74) is 1.79. The number of anilines is 2. The zero-order chi connectivity index (χ0) is 16.1. The topological polar surface area (TPSA) is 92.0 Å². The van der Waals surface area contributed by atoms with E-state index in [0.29, 0.717) is 23.5 Å². The van der Waals surface area contributed by atoms with Crippen LogP contribution in [0, 0.1) is 11.3 Å². The highest BCUT2D eigenvalue weighted by atomic mass is 16.5. The van der Waals surface area contributed by atoms with Crippen molar-refractivity contribution < 1.29 is 9.53 Å². The van der Waals surface area contributed by atoms with Gasteiger partial charge < -0.3 is 15.4 Å². The molecule has 1 unspecified atom stereocenters. The molecule has 2 N–H and O–H groups in total. The van der Waals surface area contributed by atoms with Crippen LogP contribution in [0.4, 0.5) is 16.2 Å². The molecule has 1 saturated heterocycles. The van der Waals surface area contributed by atoms with Gasteiger partial charge in [0.25, 0.3) is 0 Å². The number of ether oxygens (including phenoxy) is 1. The summed E-state index contributed by atoms with van der Waals surface area (Å²) in [6.45, 7) is 1.50. The number of hydrogen-bond acceptors (Lipinski definition) is 4. The van der Waals surface area contributed by atoms with E-state index in [1.807, 2.05) is 6.07 Å². The van der Waals surface area contributed by atoms with Crippen LogP contribution in [0.1, 0.15) is 18.4 Å². The fourth-order valence-electron chi connectivity index (χ4n) is 2.45. The van der Waals surface area contributed by atoms with E-state index < -0.39 is 0 Å². The van der Waals surface area contributed by atoms with Crippen LogP contribution in [-0.2, 0) is 11.3 Å². The number of urea groups is 1. The Balaban J connectivity index is 1.53. The summed E-state index contributed by atoms with van der Waals surface area (Å²) >= 11 is 0. The van der Waals surface area contributed by atoms with E-state index in [0.717, 1.165) is 19.4 Å². The molecule has 0 radical (unpaired) electrons. The van der Waals surface area contributed by atoms with Gasteiger partial charge >= 0.3 is 6.03 Å². The molecule has 1 aromatic heterocycles. The highest BCUT2D eigenvalue weighted by molar-refractivity contribution is 5.99. The van der Waals surface area contributed by atoms with Crippen LogP contribution >= 0.6 is 0 Å². The molecule has 1 atom stereocenters. The number of nitrogens with one attached hydrogen (secondary N) is 2. The Bertz CT molecular complexity index is 711. The lowest BCUT2D eigenvalue weighted by Gasteiger charge is -2.08. The normalized spacial score (nSPS) is 16.7. The highest BCUT2D eigenvalue weighted by Gasteiger charge is 2.16. The number of hydrogen-bond donors (Lipinski definition) is 2. The lowest BCUT2D eigenvalue weighted by atomic mass is 10.2.